The van der Waals surface area contributed by atoms with Gasteiger partial charge in [0.05, 0.1) is 6.61 Å². The van der Waals surface area contributed by atoms with Gasteiger partial charge < -0.3 is 10.1 Å². The summed E-state index contributed by atoms with van der Waals surface area (Å²) >= 11 is 0. The van der Waals surface area contributed by atoms with Crippen molar-refractivity contribution in [1.82, 2.24) is 5.32 Å². The molecule has 0 saturated carbocycles. The topological polar surface area (TPSA) is 21.3 Å². The van der Waals surface area contributed by atoms with Crippen LogP contribution in [0.4, 0.5) is 0 Å². The molecular weight excluding hydrogens is 186 g/mol. The predicted molar refractivity (Wildman–Crippen MR) is 65.0 cm³/mol. The van der Waals surface area contributed by atoms with Gasteiger partial charge in [0.2, 0.25) is 0 Å². The van der Waals surface area contributed by atoms with Gasteiger partial charge in [0.1, 0.15) is 0 Å². The van der Waals surface area contributed by atoms with E-state index in [1.807, 2.05) is 6.92 Å². The van der Waals surface area contributed by atoms with Crippen LogP contribution in [0.2, 0.25) is 0 Å². The first-order valence-electron chi connectivity index (χ1n) is 5.98. The van der Waals surface area contributed by atoms with Crippen LogP contribution in [0.5, 0.6) is 0 Å². The van der Waals surface area contributed by atoms with Gasteiger partial charge in [0.25, 0.3) is 0 Å². The molecular formula is C13H23NO. The first kappa shape index (κ1) is 12.5. The Balaban J connectivity index is 2.30. The first-order valence-corrected chi connectivity index (χ1v) is 5.98. The van der Waals surface area contributed by atoms with Crippen molar-refractivity contribution in [2.45, 2.75) is 26.7 Å². The van der Waals surface area contributed by atoms with Crippen molar-refractivity contribution in [3.63, 3.8) is 0 Å². The molecule has 1 aliphatic carbocycles. The Morgan fingerprint density at radius 2 is 1.93 bits per heavy atom. The van der Waals surface area contributed by atoms with E-state index in [1.54, 1.807) is 0 Å². The van der Waals surface area contributed by atoms with Gasteiger partial charge in [-0.2, -0.15) is 0 Å². The number of rotatable bonds is 8. The van der Waals surface area contributed by atoms with E-state index in [2.05, 4.69) is 36.5 Å². The number of unbranched alkanes of at least 4 members (excludes halogenated alkanes) is 1. The van der Waals surface area contributed by atoms with Crippen LogP contribution in [0, 0.1) is 5.41 Å². The van der Waals surface area contributed by atoms with Gasteiger partial charge in [0, 0.05) is 18.6 Å². The molecule has 0 aromatic rings. The molecule has 86 valence electrons. The smallest absolute Gasteiger partial charge is 0.0604 e. The number of hydrogen-bond donors (Lipinski definition) is 1. The van der Waals surface area contributed by atoms with Crippen LogP contribution in [0.15, 0.2) is 24.3 Å². The van der Waals surface area contributed by atoms with E-state index in [9.17, 15) is 0 Å². The highest BCUT2D eigenvalue weighted by molar-refractivity contribution is 5.25. The molecule has 1 rings (SSSR count). The highest BCUT2D eigenvalue weighted by atomic mass is 16.5. The van der Waals surface area contributed by atoms with Crippen LogP contribution in [0.3, 0.4) is 0 Å². The fourth-order valence-electron chi connectivity index (χ4n) is 1.73. The zero-order valence-corrected chi connectivity index (χ0v) is 9.96. The number of nitrogens with one attached hydrogen (secondary N) is 1. The molecule has 0 aromatic carbocycles. The van der Waals surface area contributed by atoms with E-state index in [4.69, 9.17) is 4.74 Å². The molecule has 0 spiro atoms. The first-order chi connectivity index (χ1) is 7.33. The molecule has 1 N–H and O–H groups in total. The molecule has 0 saturated heterocycles. The molecule has 0 radical (unpaired) electrons. The molecule has 0 aliphatic heterocycles. The summed E-state index contributed by atoms with van der Waals surface area (Å²) in [6.07, 6.45) is 11.2. The molecule has 0 fully saturated rings. The molecule has 0 heterocycles. The van der Waals surface area contributed by atoms with Crippen LogP contribution in [0.1, 0.15) is 26.7 Å². The van der Waals surface area contributed by atoms with Crippen LogP contribution in [-0.4, -0.2) is 26.3 Å². The number of allylic oxidation sites excluding steroid dienone is 2. The summed E-state index contributed by atoms with van der Waals surface area (Å²) in [5, 5.41) is 3.50. The standard InChI is InChI=1S/C13H23NO/c1-3-5-10-14-11-13(12-15-4-2)8-6-7-9-13/h6-9,14H,3-5,10-12H2,1-2H3. The normalized spacial score (nSPS) is 17.5. The lowest BCUT2D eigenvalue weighted by molar-refractivity contribution is 0.0982. The molecule has 0 aromatic heterocycles. The summed E-state index contributed by atoms with van der Waals surface area (Å²) in [4.78, 5) is 0. The Labute approximate surface area is 93.4 Å². The molecule has 0 atom stereocenters. The molecule has 0 amide bonds. The highest BCUT2D eigenvalue weighted by Gasteiger charge is 2.25. The van der Waals surface area contributed by atoms with E-state index in [1.165, 1.54) is 12.8 Å². The van der Waals surface area contributed by atoms with Crippen LogP contribution in [0.25, 0.3) is 0 Å². The van der Waals surface area contributed by atoms with E-state index < -0.39 is 0 Å². The lowest BCUT2D eigenvalue weighted by Gasteiger charge is -2.25. The minimum absolute atomic E-state index is 0.101. The van der Waals surface area contributed by atoms with Gasteiger partial charge in [-0.1, -0.05) is 37.6 Å². The lowest BCUT2D eigenvalue weighted by atomic mass is 9.91. The van der Waals surface area contributed by atoms with Crippen molar-refractivity contribution >= 4 is 0 Å². The van der Waals surface area contributed by atoms with Gasteiger partial charge in [-0.3, -0.25) is 0 Å². The lowest BCUT2D eigenvalue weighted by Crippen LogP contribution is -2.34. The monoisotopic (exact) mass is 209 g/mol. The third-order valence-electron chi connectivity index (χ3n) is 2.70. The second kappa shape index (κ2) is 6.81. The van der Waals surface area contributed by atoms with Gasteiger partial charge in [-0.25, -0.2) is 0 Å². The maximum absolute atomic E-state index is 5.54. The Bertz CT molecular complexity index is 209. The Morgan fingerprint density at radius 1 is 1.20 bits per heavy atom. The molecule has 15 heavy (non-hydrogen) atoms. The fourth-order valence-corrected chi connectivity index (χ4v) is 1.73. The quantitative estimate of drug-likeness (QED) is 0.620. The number of ether oxygens (including phenoxy) is 1. The third kappa shape index (κ3) is 4.18. The van der Waals surface area contributed by atoms with E-state index in [-0.39, 0.29) is 5.41 Å². The summed E-state index contributed by atoms with van der Waals surface area (Å²) in [7, 11) is 0. The van der Waals surface area contributed by atoms with Gasteiger partial charge in [-0.05, 0) is 19.9 Å². The largest absolute Gasteiger partial charge is 0.380 e. The summed E-state index contributed by atoms with van der Waals surface area (Å²) in [5.74, 6) is 0. The van der Waals surface area contributed by atoms with Crippen LogP contribution in [-0.2, 0) is 4.74 Å². The summed E-state index contributed by atoms with van der Waals surface area (Å²) in [5.41, 5.74) is 0.101. The maximum Gasteiger partial charge on any atom is 0.0604 e. The Morgan fingerprint density at radius 3 is 2.53 bits per heavy atom. The van der Waals surface area contributed by atoms with Gasteiger partial charge in [0.15, 0.2) is 0 Å². The van der Waals surface area contributed by atoms with Crippen molar-refractivity contribution in [1.29, 1.82) is 0 Å². The zero-order chi connectivity index (χ0) is 11.0. The molecule has 2 heteroatoms. The van der Waals surface area contributed by atoms with Crippen molar-refractivity contribution in [3.8, 4) is 0 Å². The maximum atomic E-state index is 5.54. The Kier molecular flexibility index (Phi) is 5.66. The highest BCUT2D eigenvalue weighted by Crippen LogP contribution is 2.25. The van der Waals surface area contributed by atoms with Crippen molar-refractivity contribution in [2.24, 2.45) is 5.41 Å². The summed E-state index contributed by atoms with van der Waals surface area (Å²) < 4.78 is 5.54. The van der Waals surface area contributed by atoms with Gasteiger partial charge >= 0.3 is 0 Å². The average molecular weight is 209 g/mol. The second-order valence-corrected chi connectivity index (χ2v) is 4.12. The minimum atomic E-state index is 0.101. The van der Waals surface area contributed by atoms with Crippen molar-refractivity contribution < 1.29 is 4.74 Å². The number of hydrogen-bond acceptors (Lipinski definition) is 2. The summed E-state index contributed by atoms with van der Waals surface area (Å²) in [6.45, 7) is 7.92. The predicted octanol–water partition coefficient (Wildman–Crippen LogP) is 2.53. The minimum Gasteiger partial charge on any atom is -0.380 e. The molecule has 2 nitrogen and oxygen atoms in total. The van der Waals surface area contributed by atoms with Crippen molar-refractivity contribution in [3.05, 3.63) is 24.3 Å². The van der Waals surface area contributed by atoms with Gasteiger partial charge in [-0.15, -0.1) is 0 Å². The van der Waals surface area contributed by atoms with Crippen molar-refractivity contribution in [2.75, 3.05) is 26.3 Å². The Hall–Kier alpha value is -0.600. The second-order valence-electron chi connectivity index (χ2n) is 4.12. The molecule has 0 unspecified atom stereocenters. The fraction of sp³-hybridized carbons (Fsp3) is 0.692. The van der Waals surface area contributed by atoms with E-state index in [0.29, 0.717) is 0 Å². The summed E-state index contributed by atoms with van der Waals surface area (Å²) in [6, 6.07) is 0. The van der Waals surface area contributed by atoms with Crippen LogP contribution < -0.4 is 5.32 Å². The van der Waals surface area contributed by atoms with Crippen LogP contribution >= 0.6 is 0 Å². The molecule has 0 bridgehead atoms. The molecule has 1 aliphatic rings. The zero-order valence-electron chi connectivity index (χ0n) is 9.96. The van der Waals surface area contributed by atoms with E-state index >= 15 is 0 Å². The average Bonchev–Trinajstić information content (AvgIpc) is 2.71. The SMILES string of the molecule is CCCCNCC1(COCC)C=CC=C1. The third-order valence-corrected chi connectivity index (χ3v) is 2.70. The van der Waals surface area contributed by atoms with E-state index in [0.717, 1.165) is 26.3 Å².